The summed E-state index contributed by atoms with van der Waals surface area (Å²) in [6, 6.07) is 6.19. The molecular formula is C13H7ClF3NO. The zero-order valence-corrected chi connectivity index (χ0v) is 10.2. The SMILES string of the molecule is O=C(Cl)c1cc(-c2cccnc2)cc(C(F)(F)F)c1. The fourth-order valence-corrected chi connectivity index (χ4v) is 1.71. The molecular weight excluding hydrogens is 279 g/mol. The van der Waals surface area contributed by atoms with Crippen molar-refractivity contribution in [1.82, 2.24) is 4.98 Å². The number of benzene rings is 1. The normalized spacial score (nSPS) is 11.4. The molecule has 0 aliphatic carbocycles. The largest absolute Gasteiger partial charge is 0.416 e. The van der Waals surface area contributed by atoms with Crippen LogP contribution < -0.4 is 0 Å². The first kappa shape index (κ1) is 13.5. The maximum atomic E-state index is 12.8. The number of rotatable bonds is 2. The fraction of sp³-hybridized carbons (Fsp3) is 0.0769. The molecule has 98 valence electrons. The maximum Gasteiger partial charge on any atom is 0.416 e. The first-order valence-electron chi connectivity index (χ1n) is 5.20. The molecule has 0 aliphatic heterocycles. The van der Waals surface area contributed by atoms with Crippen molar-refractivity contribution >= 4 is 16.8 Å². The number of alkyl halides is 3. The number of pyridine rings is 1. The average Bonchev–Trinajstić information content (AvgIpc) is 2.38. The highest BCUT2D eigenvalue weighted by Gasteiger charge is 2.31. The van der Waals surface area contributed by atoms with Gasteiger partial charge in [-0.3, -0.25) is 9.78 Å². The third-order valence-electron chi connectivity index (χ3n) is 2.48. The molecule has 0 saturated carbocycles. The van der Waals surface area contributed by atoms with Crippen molar-refractivity contribution < 1.29 is 18.0 Å². The van der Waals surface area contributed by atoms with E-state index in [0.717, 1.165) is 12.1 Å². The minimum Gasteiger partial charge on any atom is -0.276 e. The molecule has 0 atom stereocenters. The fourth-order valence-electron chi connectivity index (χ4n) is 1.60. The van der Waals surface area contributed by atoms with Crippen LogP contribution >= 0.6 is 11.6 Å². The van der Waals surface area contributed by atoms with Crippen molar-refractivity contribution in [2.75, 3.05) is 0 Å². The van der Waals surface area contributed by atoms with Gasteiger partial charge in [0.25, 0.3) is 5.24 Å². The van der Waals surface area contributed by atoms with Gasteiger partial charge in [-0.1, -0.05) is 6.07 Å². The van der Waals surface area contributed by atoms with E-state index in [1.165, 1.54) is 18.5 Å². The van der Waals surface area contributed by atoms with E-state index in [2.05, 4.69) is 4.98 Å². The van der Waals surface area contributed by atoms with E-state index in [-0.39, 0.29) is 11.1 Å². The lowest BCUT2D eigenvalue weighted by Crippen LogP contribution is -2.07. The van der Waals surface area contributed by atoms with Crippen LogP contribution in [0.2, 0.25) is 0 Å². The first-order chi connectivity index (χ1) is 8.88. The Morgan fingerprint density at radius 1 is 1.16 bits per heavy atom. The Morgan fingerprint density at radius 3 is 2.42 bits per heavy atom. The van der Waals surface area contributed by atoms with E-state index in [1.54, 1.807) is 12.1 Å². The van der Waals surface area contributed by atoms with Crippen LogP contribution in [-0.4, -0.2) is 10.2 Å². The summed E-state index contributed by atoms with van der Waals surface area (Å²) in [6.07, 6.45) is -1.62. The van der Waals surface area contributed by atoms with E-state index in [4.69, 9.17) is 11.6 Å². The van der Waals surface area contributed by atoms with Crippen molar-refractivity contribution in [3.05, 3.63) is 53.9 Å². The summed E-state index contributed by atoms with van der Waals surface area (Å²) in [5.74, 6) is 0. The molecule has 0 amide bonds. The molecule has 0 radical (unpaired) electrons. The predicted molar refractivity (Wildman–Crippen MR) is 64.9 cm³/mol. The molecule has 2 rings (SSSR count). The lowest BCUT2D eigenvalue weighted by Gasteiger charge is -2.10. The lowest BCUT2D eigenvalue weighted by molar-refractivity contribution is -0.137. The Balaban J connectivity index is 2.62. The highest BCUT2D eigenvalue weighted by molar-refractivity contribution is 6.67. The number of aromatic nitrogens is 1. The Bertz CT molecular complexity index is 611. The van der Waals surface area contributed by atoms with Crippen LogP contribution in [0.1, 0.15) is 15.9 Å². The van der Waals surface area contributed by atoms with Gasteiger partial charge >= 0.3 is 6.18 Å². The first-order valence-corrected chi connectivity index (χ1v) is 5.58. The molecule has 0 bridgehead atoms. The van der Waals surface area contributed by atoms with Crippen molar-refractivity contribution in [1.29, 1.82) is 0 Å². The zero-order chi connectivity index (χ0) is 14.0. The molecule has 1 heterocycles. The van der Waals surface area contributed by atoms with Crippen LogP contribution in [0.15, 0.2) is 42.7 Å². The Labute approximate surface area is 111 Å². The van der Waals surface area contributed by atoms with E-state index in [0.29, 0.717) is 5.56 Å². The van der Waals surface area contributed by atoms with Gasteiger partial charge < -0.3 is 0 Å². The van der Waals surface area contributed by atoms with Crippen LogP contribution in [0, 0.1) is 0 Å². The smallest absolute Gasteiger partial charge is 0.276 e. The van der Waals surface area contributed by atoms with Gasteiger partial charge in [-0.05, 0) is 41.4 Å². The minimum absolute atomic E-state index is 0.199. The van der Waals surface area contributed by atoms with Gasteiger partial charge in [0.1, 0.15) is 0 Å². The summed E-state index contributed by atoms with van der Waals surface area (Å²) >= 11 is 5.26. The highest BCUT2D eigenvalue weighted by atomic mass is 35.5. The quantitative estimate of drug-likeness (QED) is 0.776. The molecule has 2 aromatic rings. The van der Waals surface area contributed by atoms with Crippen molar-refractivity contribution in [3.8, 4) is 11.1 Å². The van der Waals surface area contributed by atoms with Gasteiger partial charge in [0.2, 0.25) is 0 Å². The summed E-state index contributed by atoms with van der Waals surface area (Å²) in [6.45, 7) is 0. The summed E-state index contributed by atoms with van der Waals surface area (Å²) in [5, 5.41) is -0.934. The molecule has 0 fully saturated rings. The molecule has 0 aliphatic rings. The second-order valence-corrected chi connectivity index (χ2v) is 4.16. The molecule has 19 heavy (non-hydrogen) atoms. The molecule has 0 saturated heterocycles. The zero-order valence-electron chi connectivity index (χ0n) is 9.41. The van der Waals surface area contributed by atoms with Crippen LogP contribution in [0.25, 0.3) is 11.1 Å². The number of hydrogen-bond donors (Lipinski definition) is 0. The molecule has 0 spiro atoms. The second-order valence-electron chi connectivity index (χ2n) is 3.81. The third-order valence-corrected chi connectivity index (χ3v) is 2.70. The molecule has 0 unspecified atom stereocenters. The number of halogens is 4. The molecule has 2 nitrogen and oxygen atoms in total. The highest BCUT2D eigenvalue weighted by Crippen LogP contribution is 2.33. The van der Waals surface area contributed by atoms with Crippen molar-refractivity contribution in [2.24, 2.45) is 0 Å². The summed E-state index contributed by atoms with van der Waals surface area (Å²) < 4.78 is 38.3. The van der Waals surface area contributed by atoms with Gasteiger partial charge in [0.05, 0.1) is 5.56 Å². The standard InChI is InChI=1S/C13H7ClF3NO/c14-12(19)10-4-9(8-2-1-3-18-7-8)5-11(6-10)13(15,16)17/h1-7H. The van der Waals surface area contributed by atoms with Crippen LogP contribution in [0.5, 0.6) is 0 Å². The van der Waals surface area contributed by atoms with Crippen LogP contribution in [-0.2, 0) is 6.18 Å². The van der Waals surface area contributed by atoms with E-state index < -0.39 is 17.0 Å². The van der Waals surface area contributed by atoms with Gasteiger partial charge in [0.15, 0.2) is 0 Å². The van der Waals surface area contributed by atoms with E-state index in [1.807, 2.05) is 0 Å². The predicted octanol–water partition coefficient (Wildman–Crippen LogP) is 4.15. The van der Waals surface area contributed by atoms with Crippen molar-refractivity contribution in [3.63, 3.8) is 0 Å². The van der Waals surface area contributed by atoms with E-state index in [9.17, 15) is 18.0 Å². The molecule has 1 aromatic carbocycles. The third kappa shape index (κ3) is 3.12. The Hall–Kier alpha value is -1.88. The monoisotopic (exact) mass is 285 g/mol. The van der Waals surface area contributed by atoms with Gasteiger partial charge in [0, 0.05) is 23.5 Å². The van der Waals surface area contributed by atoms with Crippen LogP contribution in [0.3, 0.4) is 0 Å². The number of carbonyl (C=O) groups is 1. The van der Waals surface area contributed by atoms with Gasteiger partial charge in [-0.2, -0.15) is 13.2 Å². The van der Waals surface area contributed by atoms with Crippen LogP contribution in [0.4, 0.5) is 13.2 Å². The summed E-state index contributed by atoms with van der Waals surface area (Å²) in [5.41, 5.74) is -0.395. The summed E-state index contributed by atoms with van der Waals surface area (Å²) in [7, 11) is 0. The second kappa shape index (κ2) is 5.01. The van der Waals surface area contributed by atoms with E-state index >= 15 is 0 Å². The molecule has 1 aromatic heterocycles. The lowest BCUT2D eigenvalue weighted by atomic mass is 10.0. The average molecular weight is 286 g/mol. The minimum atomic E-state index is -4.54. The number of hydrogen-bond acceptors (Lipinski definition) is 2. The summed E-state index contributed by atoms with van der Waals surface area (Å²) in [4.78, 5) is 14.9. The maximum absolute atomic E-state index is 12.8. The van der Waals surface area contributed by atoms with Gasteiger partial charge in [-0.15, -0.1) is 0 Å². The topological polar surface area (TPSA) is 30.0 Å². The Kier molecular flexibility index (Phi) is 3.57. The number of nitrogens with zero attached hydrogens (tertiary/aromatic N) is 1. The number of carbonyl (C=O) groups excluding carboxylic acids is 1. The Morgan fingerprint density at radius 2 is 1.89 bits per heavy atom. The molecule has 0 N–H and O–H groups in total. The van der Waals surface area contributed by atoms with Crippen molar-refractivity contribution in [2.45, 2.75) is 6.18 Å². The van der Waals surface area contributed by atoms with Gasteiger partial charge in [-0.25, -0.2) is 0 Å². The molecule has 6 heteroatoms.